The molecule has 0 aliphatic carbocycles. The van der Waals surface area contributed by atoms with E-state index < -0.39 is 24.2 Å². The number of carbonyl (C=O) groups excluding carboxylic acids is 1. The Hall–Kier alpha value is -2.38. The molecule has 1 aliphatic rings. The Morgan fingerprint density at radius 2 is 2.10 bits per heavy atom. The third-order valence-corrected chi connectivity index (χ3v) is 2.73. The van der Waals surface area contributed by atoms with E-state index in [1.54, 1.807) is 6.08 Å². The van der Waals surface area contributed by atoms with Crippen LogP contribution in [0, 0.1) is 5.95 Å². The lowest BCUT2D eigenvalue weighted by Gasteiger charge is -2.31. The van der Waals surface area contributed by atoms with Crippen molar-refractivity contribution >= 4 is 5.91 Å². The van der Waals surface area contributed by atoms with E-state index in [1.807, 2.05) is 5.32 Å². The maximum atomic E-state index is 12.7. The van der Waals surface area contributed by atoms with Gasteiger partial charge >= 0.3 is 12.1 Å². The van der Waals surface area contributed by atoms with Gasteiger partial charge in [-0.15, -0.1) is 0 Å². The van der Waals surface area contributed by atoms with Gasteiger partial charge in [-0.25, -0.2) is 4.98 Å². The molecule has 2 heterocycles. The minimum Gasteiger partial charge on any atom is -0.350 e. The molecule has 21 heavy (non-hydrogen) atoms. The number of rotatable bonds is 3. The van der Waals surface area contributed by atoms with Gasteiger partial charge in [0.05, 0.1) is 0 Å². The van der Waals surface area contributed by atoms with Gasteiger partial charge in [-0.2, -0.15) is 17.6 Å². The number of halogens is 4. The summed E-state index contributed by atoms with van der Waals surface area (Å²) in [6, 6.07) is 2.62. The average Bonchev–Trinajstić information content (AvgIpc) is 2.42. The van der Waals surface area contributed by atoms with Gasteiger partial charge in [0.15, 0.2) is 0 Å². The zero-order chi connectivity index (χ0) is 15.5. The minimum absolute atomic E-state index is 0.178. The summed E-state index contributed by atoms with van der Waals surface area (Å²) in [5.74, 6) is -2.66. The lowest BCUT2D eigenvalue weighted by molar-refractivity contribution is -0.175. The lowest BCUT2D eigenvalue weighted by Crippen LogP contribution is -2.49. The molecule has 4 nitrogen and oxygen atoms in total. The zero-order valence-electron chi connectivity index (χ0n) is 10.6. The molecule has 0 fully saturated rings. The highest BCUT2D eigenvalue weighted by Gasteiger charge is 2.40. The van der Waals surface area contributed by atoms with E-state index in [0.717, 1.165) is 6.07 Å². The largest absolute Gasteiger partial charge is 0.471 e. The first-order valence-electron chi connectivity index (χ1n) is 5.95. The highest BCUT2D eigenvalue weighted by Crippen LogP contribution is 2.17. The molecule has 112 valence electrons. The third kappa shape index (κ3) is 4.04. The Bertz CT molecular complexity index is 566. The molecule has 1 aromatic heterocycles. The van der Waals surface area contributed by atoms with Gasteiger partial charge < -0.3 is 10.2 Å². The van der Waals surface area contributed by atoms with Crippen molar-refractivity contribution in [2.45, 2.75) is 18.9 Å². The third-order valence-electron chi connectivity index (χ3n) is 2.73. The van der Waals surface area contributed by atoms with Crippen molar-refractivity contribution < 1.29 is 22.4 Å². The molecule has 0 saturated carbocycles. The van der Waals surface area contributed by atoms with Crippen molar-refractivity contribution in [1.82, 2.24) is 15.2 Å². The first-order chi connectivity index (χ1) is 9.86. The molecular formula is C13H11F4N3O. The molecule has 0 bridgehead atoms. The molecule has 1 atom stereocenters. The van der Waals surface area contributed by atoms with Crippen LogP contribution in [0.15, 0.2) is 42.8 Å². The highest BCUT2D eigenvalue weighted by molar-refractivity contribution is 5.82. The zero-order valence-corrected chi connectivity index (χ0v) is 10.6. The van der Waals surface area contributed by atoms with Crippen LogP contribution in [0.4, 0.5) is 17.6 Å². The van der Waals surface area contributed by atoms with Crippen LogP contribution in [-0.2, 0) is 11.3 Å². The van der Waals surface area contributed by atoms with Crippen LogP contribution in [-0.4, -0.2) is 28.1 Å². The smallest absolute Gasteiger partial charge is 0.350 e. The summed E-state index contributed by atoms with van der Waals surface area (Å²) in [5.41, 5.74) is 0.600. The Kier molecular flexibility index (Phi) is 4.25. The SMILES string of the molecule is O=C(NC1C=CC=CN1Cc1ccc(F)nc1)C(F)(F)F. The van der Waals surface area contributed by atoms with Crippen LogP contribution in [0.3, 0.4) is 0 Å². The Balaban J connectivity index is 2.06. The number of nitrogens with one attached hydrogen (secondary N) is 1. The van der Waals surface area contributed by atoms with Crippen molar-refractivity contribution in [3.8, 4) is 0 Å². The standard InChI is InChI=1S/C13H11F4N3O/c14-10-5-4-9(7-18-10)8-20-6-2-1-3-11(20)19-12(21)13(15,16)17/h1-7,11H,8H2,(H,19,21). The topological polar surface area (TPSA) is 45.2 Å². The van der Waals surface area contributed by atoms with Crippen molar-refractivity contribution in [3.63, 3.8) is 0 Å². The van der Waals surface area contributed by atoms with Gasteiger partial charge in [0.25, 0.3) is 0 Å². The van der Waals surface area contributed by atoms with Gasteiger partial charge in [-0.05, 0) is 23.8 Å². The molecule has 2 rings (SSSR count). The summed E-state index contributed by atoms with van der Waals surface area (Å²) in [5, 5.41) is 1.87. The summed E-state index contributed by atoms with van der Waals surface area (Å²) < 4.78 is 49.5. The summed E-state index contributed by atoms with van der Waals surface area (Å²) in [4.78, 5) is 15.9. The maximum absolute atomic E-state index is 12.7. The quantitative estimate of drug-likeness (QED) is 0.687. The van der Waals surface area contributed by atoms with E-state index in [0.29, 0.717) is 5.56 Å². The summed E-state index contributed by atoms with van der Waals surface area (Å²) in [6.45, 7) is 0.178. The van der Waals surface area contributed by atoms with E-state index in [-0.39, 0.29) is 6.54 Å². The second-order valence-corrected chi connectivity index (χ2v) is 4.30. The Morgan fingerprint density at radius 1 is 1.33 bits per heavy atom. The fourth-order valence-electron chi connectivity index (χ4n) is 1.74. The van der Waals surface area contributed by atoms with E-state index in [1.165, 1.54) is 35.5 Å². The number of amides is 1. The summed E-state index contributed by atoms with van der Waals surface area (Å²) >= 11 is 0. The maximum Gasteiger partial charge on any atom is 0.471 e. The summed E-state index contributed by atoms with van der Waals surface area (Å²) in [6.07, 6.45) is 1.50. The molecule has 8 heteroatoms. The normalized spacial score (nSPS) is 17.9. The molecular weight excluding hydrogens is 290 g/mol. The number of nitrogens with zero attached hydrogens (tertiary/aromatic N) is 2. The van der Waals surface area contributed by atoms with Crippen LogP contribution in [0.2, 0.25) is 0 Å². The monoisotopic (exact) mass is 301 g/mol. The van der Waals surface area contributed by atoms with Crippen LogP contribution in [0.5, 0.6) is 0 Å². The number of hydrogen-bond donors (Lipinski definition) is 1. The first-order valence-corrected chi connectivity index (χ1v) is 5.95. The van der Waals surface area contributed by atoms with E-state index in [4.69, 9.17) is 0 Å². The fourth-order valence-corrected chi connectivity index (χ4v) is 1.74. The van der Waals surface area contributed by atoms with Crippen LogP contribution >= 0.6 is 0 Å². The highest BCUT2D eigenvalue weighted by atomic mass is 19.4. The average molecular weight is 301 g/mol. The Morgan fingerprint density at radius 3 is 2.71 bits per heavy atom. The van der Waals surface area contributed by atoms with Crippen LogP contribution in [0.25, 0.3) is 0 Å². The van der Waals surface area contributed by atoms with E-state index in [9.17, 15) is 22.4 Å². The number of aromatic nitrogens is 1. The van der Waals surface area contributed by atoms with Crippen molar-refractivity contribution in [2.75, 3.05) is 0 Å². The second-order valence-electron chi connectivity index (χ2n) is 4.30. The number of carbonyl (C=O) groups is 1. The van der Waals surface area contributed by atoms with Crippen LogP contribution in [0.1, 0.15) is 5.56 Å². The van der Waals surface area contributed by atoms with Crippen molar-refractivity contribution in [1.29, 1.82) is 0 Å². The number of pyridine rings is 1. The molecule has 0 saturated heterocycles. The predicted molar refractivity (Wildman–Crippen MR) is 66.0 cm³/mol. The first kappa shape index (κ1) is 15.0. The predicted octanol–water partition coefficient (Wildman–Crippen LogP) is 2.11. The lowest BCUT2D eigenvalue weighted by atomic mass is 10.2. The van der Waals surface area contributed by atoms with Gasteiger partial charge in [-0.1, -0.05) is 12.1 Å². The number of allylic oxidation sites excluding steroid dienone is 2. The van der Waals surface area contributed by atoms with Gasteiger partial charge in [0.2, 0.25) is 5.95 Å². The molecule has 1 N–H and O–H groups in total. The van der Waals surface area contributed by atoms with E-state index >= 15 is 0 Å². The van der Waals surface area contributed by atoms with Crippen molar-refractivity contribution in [3.05, 3.63) is 54.3 Å². The van der Waals surface area contributed by atoms with Crippen molar-refractivity contribution in [2.24, 2.45) is 0 Å². The molecule has 1 aromatic rings. The molecule has 0 radical (unpaired) electrons. The molecule has 1 amide bonds. The minimum atomic E-state index is -4.95. The molecule has 0 aromatic carbocycles. The number of alkyl halides is 3. The van der Waals surface area contributed by atoms with Crippen LogP contribution < -0.4 is 5.32 Å². The summed E-state index contributed by atoms with van der Waals surface area (Å²) in [7, 11) is 0. The van der Waals surface area contributed by atoms with Gasteiger partial charge in [0.1, 0.15) is 6.17 Å². The molecule has 0 spiro atoms. The second kappa shape index (κ2) is 5.94. The molecule has 1 aliphatic heterocycles. The van der Waals surface area contributed by atoms with E-state index in [2.05, 4.69) is 4.98 Å². The van der Waals surface area contributed by atoms with Gasteiger partial charge in [-0.3, -0.25) is 4.79 Å². The number of hydrogen-bond acceptors (Lipinski definition) is 3. The van der Waals surface area contributed by atoms with Gasteiger partial charge in [0, 0.05) is 18.9 Å². The Labute approximate surface area is 117 Å². The fraction of sp³-hybridized carbons (Fsp3) is 0.231. The molecule has 1 unspecified atom stereocenters.